The number of hydrogen-bond acceptors (Lipinski definition) is 3. The first-order valence-electron chi connectivity index (χ1n) is 4.91. The first kappa shape index (κ1) is 9.53. The molecule has 73 valence electrons. The van der Waals surface area contributed by atoms with Gasteiger partial charge in [0.1, 0.15) is 7.28 Å². The van der Waals surface area contributed by atoms with Gasteiger partial charge >= 0.3 is 0 Å². The molecule has 0 aliphatic carbocycles. The molecule has 3 nitrogen and oxygen atoms in total. The number of carbonyl (C=O) groups is 1. The first-order chi connectivity index (χ1) is 6.69. The summed E-state index contributed by atoms with van der Waals surface area (Å²) in [5.74, 6) is 0.0532. The maximum atomic E-state index is 11.6. The molecule has 2 rings (SSSR count). The Hall–Kier alpha value is -1.03. The molecule has 14 heavy (non-hydrogen) atoms. The van der Waals surface area contributed by atoms with Gasteiger partial charge in [0.2, 0.25) is 0 Å². The molecule has 0 spiro atoms. The van der Waals surface area contributed by atoms with Crippen molar-refractivity contribution in [3.8, 4) is 0 Å². The maximum Gasteiger partial charge on any atom is 0.192 e. The zero-order valence-electron chi connectivity index (χ0n) is 8.58. The van der Waals surface area contributed by atoms with Crippen LogP contribution in [0.4, 0.5) is 0 Å². The molecule has 2 aliphatic rings. The molecule has 0 aromatic heterocycles. The summed E-state index contributed by atoms with van der Waals surface area (Å²) in [6.45, 7) is 5.06. The van der Waals surface area contributed by atoms with Crippen molar-refractivity contribution < 1.29 is 4.79 Å². The van der Waals surface area contributed by atoms with Crippen molar-refractivity contribution in [3.05, 3.63) is 22.8 Å². The fourth-order valence-electron chi connectivity index (χ4n) is 2.02. The second-order valence-corrected chi connectivity index (χ2v) is 3.73. The van der Waals surface area contributed by atoms with Crippen molar-refractivity contribution >= 4 is 13.1 Å². The van der Waals surface area contributed by atoms with E-state index in [1.165, 1.54) is 5.47 Å². The van der Waals surface area contributed by atoms with Gasteiger partial charge in [-0.2, -0.15) is 0 Å². The van der Waals surface area contributed by atoms with E-state index in [0.29, 0.717) is 6.04 Å². The third-order valence-corrected chi connectivity index (χ3v) is 2.86. The van der Waals surface area contributed by atoms with Crippen molar-refractivity contribution in [1.82, 2.24) is 4.90 Å². The van der Waals surface area contributed by atoms with E-state index in [1.807, 2.05) is 13.7 Å². The second kappa shape index (κ2) is 3.28. The van der Waals surface area contributed by atoms with E-state index in [4.69, 9.17) is 5.73 Å². The van der Waals surface area contributed by atoms with Crippen LogP contribution < -0.4 is 5.73 Å². The molecule has 1 atom stereocenters. The Morgan fingerprint density at radius 3 is 3.07 bits per heavy atom. The van der Waals surface area contributed by atoms with Crippen LogP contribution in [0.25, 0.3) is 0 Å². The third-order valence-electron chi connectivity index (χ3n) is 2.86. The molecule has 2 heterocycles. The first-order valence-corrected chi connectivity index (χ1v) is 4.91. The number of nitrogens with zero attached hydrogens (tertiary/aromatic N) is 1. The van der Waals surface area contributed by atoms with Crippen LogP contribution in [0.3, 0.4) is 0 Å². The monoisotopic (exact) mass is 189 g/mol. The predicted octanol–water partition coefficient (Wildman–Crippen LogP) is 0.122. The van der Waals surface area contributed by atoms with Crippen LogP contribution in [0.1, 0.15) is 6.92 Å². The van der Waals surface area contributed by atoms with Gasteiger partial charge in [-0.1, -0.05) is 18.4 Å². The number of Topliss-reactive ketones (excluding diaryl/α,β-unsaturated/α-hetero) is 1. The quantitative estimate of drug-likeness (QED) is 0.506. The van der Waals surface area contributed by atoms with Gasteiger partial charge in [-0.15, -0.1) is 0 Å². The van der Waals surface area contributed by atoms with Crippen LogP contribution >= 0.6 is 0 Å². The topological polar surface area (TPSA) is 46.1 Å². The summed E-state index contributed by atoms with van der Waals surface area (Å²) in [7, 11) is 2.05. The van der Waals surface area contributed by atoms with Crippen LogP contribution in [0.2, 0.25) is 6.82 Å². The van der Waals surface area contributed by atoms with E-state index in [2.05, 4.69) is 18.3 Å². The Morgan fingerprint density at radius 2 is 2.50 bits per heavy atom. The number of nitrogens with two attached hydrogens (primary N) is 1. The van der Waals surface area contributed by atoms with Gasteiger partial charge in [-0.05, 0) is 12.5 Å². The Morgan fingerprint density at radius 1 is 1.79 bits per heavy atom. The van der Waals surface area contributed by atoms with Gasteiger partial charge in [0.05, 0.1) is 18.3 Å². The van der Waals surface area contributed by atoms with E-state index in [-0.39, 0.29) is 12.3 Å². The molecule has 1 fully saturated rings. The van der Waals surface area contributed by atoms with Gasteiger partial charge in [-0.3, -0.25) is 4.79 Å². The van der Waals surface area contributed by atoms with Gasteiger partial charge in [-0.25, -0.2) is 0 Å². The minimum atomic E-state index is 0.0532. The number of hydrogen-bond donors (Lipinski definition) is 1. The Kier molecular flexibility index (Phi) is 2.23. The number of carbonyl (C=O) groups excluding carboxylic acids is 1. The van der Waals surface area contributed by atoms with Gasteiger partial charge < -0.3 is 10.6 Å². The number of fused-ring (bicyclic) bond motifs is 1. The Labute approximate surface area is 84.9 Å². The molecule has 4 heteroatoms. The fraction of sp³-hybridized carbons (Fsp3) is 0.500. The van der Waals surface area contributed by atoms with Gasteiger partial charge in [0, 0.05) is 6.54 Å². The lowest BCUT2D eigenvalue weighted by molar-refractivity contribution is -0.115. The molecule has 1 unspecified atom stereocenters. The summed E-state index contributed by atoms with van der Waals surface area (Å²) >= 11 is 0. The summed E-state index contributed by atoms with van der Waals surface area (Å²) in [5, 5.41) is 0. The highest BCUT2D eigenvalue weighted by Gasteiger charge is 2.40. The smallest absolute Gasteiger partial charge is 0.192 e. The van der Waals surface area contributed by atoms with E-state index in [1.54, 1.807) is 0 Å². The molecule has 0 saturated carbocycles. The van der Waals surface area contributed by atoms with Crippen LogP contribution in [0.15, 0.2) is 22.8 Å². The summed E-state index contributed by atoms with van der Waals surface area (Å²) in [4.78, 5) is 13.7. The SMILES string of the molecule is C[B]C1=CC2CN2C(C(=O)CN)=C1C. The summed E-state index contributed by atoms with van der Waals surface area (Å²) < 4.78 is 0. The van der Waals surface area contributed by atoms with E-state index >= 15 is 0 Å². The third kappa shape index (κ3) is 1.30. The largest absolute Gasteiger partial charge is 0.358 e. The molecular formula is C10H14BN2O. The van der Waals surface area contributed by atoms with Crippen LogP contribution in [-0.2, 0) is 4.79 Å². The molecule has 2 aliphatic heterocycles. The average Bonchev–Trinajstić information content (AvgIpc) is 2.94. The zero-order chi connectivity index (χ0) is 10.3. The Balaban J connectivity index is 2.36. The lowest BCUT2D eigenvalue weighted by Crippen LogP contribution is -2.25. The highest BCUT2D eigenvalue weighted by molar-refractivity contribution is 6.45. The predicted molar refractivity (Wildman–Crippen MR) is 57.0 cm³/mol. The van der Waals surface area contributed by atoms with Crippen LogP contribution in [0.5, 0.6) is 0 Å². The van der Waals surface area contributed by atoms with Gasteiger partial charge in [0.15, 0.2) is 5.78 Å². The number of allylic oxidation sites excluding steroid dienone is 2. The molecular weight excluding hydrogens is 175 g/mol. The van der Waals surface area contributed by atoms with Crippen molar-refractivity contribution in [2.75, 3.05) is 13.1 Å². The van der Waals surface area contributed by atoms with Crippen LogP contribution in [0, 0.1) is 0 Å². The van der Waals surface area contributed by atoms with E-state index in [9.17, 15) is 4.79 Å². The fourth-order valence-corrected chi connectivity index (χ4v) is 2.02. The normalized spacial score (nSPS) is 24.4. The standard InChI is InChI=1S/C10H14BN2O/c1-6-8(11-2)3-7-5-13(7)10(6)9(14)4-12/h3,7H,4-5,12H2,1-2H3. The summed E-state index contributed by atoms with van der Waals surface area (Å²) in [5.41, 5.74) is 8.47. The minimum absolute atomic E-state index is 0.0532. The molecule has 1 saturated heterocycles. The van der Waals surface area contributed by atoms with Crippen molar-refractivity contribution in [2.24, 2.45) is 5.73 Å². The molecule has 1 radical (unpaired) electrons. The molecule has 2 N–H and O–H groups in total. The summed E-state index contributed by atoms with van der Waals surface area (Å²) in [6.07, 6.45) is 2.21. The maximum absolute atomic E-state index is 11.6. The lowest BCUT2D eigenvalue weighted by Gasteiger charge is -2.19. The summed E-state index contributed by atoms with van der Waals surface area (Å²) in [6, 6.07) is 0.440. The van der Waals surface area contributed by atoms with Crippen LogP contribution in [-0.4, -0.2) is 37.1 Å². The zero-order valence-corrected chi connectivity index (χ0v) is 8.58. The molecule has 0 amide bonds. The number of rotatable bonds is 3. The molecule has 0 bridgehead atoms. The second-order valence-electron chi connectivity index (χ2n) is 3.73. The Bertz CT molecular complexity index is 346. The minimum Gasteiger partial charge on any atom is -0.358 e. The number of ketones is 1. The van der Waals surface area contributed by atoms with Gasteiger partial charge in [0.25, 0.3) is 0 Å². The lowest BCUT2D eigenvalue weighted by atomic mass is 9.67. The van der Waals surface area contributed by atoms with E-state index < -0.39 is 0 Å². The van der Waals surface area contributed by atoms with E-state index in [0.717, 1.165) is 17.8 Å². The van der Waals surface area contributed by atoms with Crippen molar-refractivity contribution in [1.29, 1.82) is 0 Å². The van der Waals surface area contributed by atoms with Crippen molar-refractivity contribution in [3.63, 3.8) is 0 Å². The molecule has 0 aromatic rings. The highest BCUT2D eigenvalue weighted by Crippen LogP contribution is 2.35. The average molecular weight is 189 g/mol. The van der Waals surface area contributed by atoms with Crippen molar-refractivity contribution in [2.45, 2.75) is 19.8 Å². The molecule has 0 aromatic carbocycles. The highest BCUT2D eigenvalue weighted by atomic mass is 16.1.